The number of hydrogen-bond acceptors (Lipinski definition) is 4. The largest absolute Gasteiger partial charge is 0.493 e. The standard InChI is InChI=1S/C19H20FNO4/c1-12-4-5-14(8-16(12)20)10-21-19(23)11-25-17-7-6-15(13(2)22)9-18(17)24-3/h4-9H,10-11H2,1-3H3,(H,21,23). The molecule has 2 aromatic carbocycles. The minimum absolute atomic E-state index is 0.0899. The Morgan fingerprint density at radius 1 is 1.12 bits per heavy atom. The number of carbonyl (C=O) groups is 2. The molecule has 0 radical (unpaired) electrons. The molecule has 25 heavy (non-hydrogen) atoms. The average Bonchev–Trinajstić information content (AvgIpc) is 2.60. The molecule has 0 saturated carbocycles. The van der Waals surface area contributed by atoms with Crippen LogP contribution in [0.1, 0.15) is 28.4 Å². The van der Waals surface area contributed by atoms with Crippen LogP contribution in [0.5, 0.6) is 11.5 Å². The Kier molecular flexibility index (Phi) is 6.11. The van der Waals surface area contributed by atoms with Crippen molar-refractivity contribution < 1.29 is 23.5 Å². The zero-order chi connectivity index (χ0) is 18.4. The maximum atomic E-state index is 13.5. The third-order valence-electron chi connectivity index (χ3n) is 3.65. The van der Waals surface area contributed by atoms with Gasteiger partial charge in [-0.05, 0) is 49.2 Å². The van der Waals surface area contributed by atoms with E-state index in [0.717, 1.165) is 0 Å². The summed E-state index contributed by atoms with van der Waals surface area (Å²) in [6.07, 6.45) is 0. The van der Waals surface area contributed by atoms with Crippen molar-refractivity contribution in [2.24, 2.45) is 0 Å². The van der Waals surface area contributed by atoms with Crippen molar-refractivity contribution >= 4 is 11.7 Å². The maximum absolute atomic E-state index is 13.5. The zero-order valence-electron chi connectivity index (χ0n) is 14.4. The summed E-state index contributed by atoms with van der Waals surface area (Å²) in [6.45, 7) is 3.12. The predicted molar refractivity (Wildman–Crippen MR) is 91.5 cm³/mol. The number of rotatable bonds is 7. The molecule has 6 heteroatoms. The van der Waals surface area contributed by atoms with Gasteiger partial charge in [-0.15, -0.1) is 0 Å². The minimum Gasteiger partial charge on any atom is -0.493 e. The van der Waals surface area contributed by atoms with Gasteiger partial charge in [0.1, 0.15) is 5.82 Å². The lowest BCUT2D eigenvalue weighted by Gasteiger charge is -2.12. The molecule has 0 aliphatic rings. The number of benzene rings is 2. The fraction of sp³-hybridized carbons (Fsp3) is 0.263. The molecule has 0 saturated heterocycles. The highest BCUT2D eigenvalue weighted by molar-refractivity contribution is 5.94. The van der Waals surface area contributed by atoms with E-state index >= 15 is 0 Å². The van der Waals surface area contributed by atoms with Crippen LogP contribution >= 0.6 is 0 Å². The van der Waals surface area contributed by atoms with Gasteiger partial charge in [0.15, 0.2) is 23.9 Å². The molecule has 0 aromatic heterocycles. The van der Waals surface area contributed by atoms with Crippen LogP contribution in [0.15, 0.2) is 36.4 Å². The third kappa shape index (κ3) is 5.04. The lowest BCUT2D eigenvalue weighted by molar-refractivity contribution is -0.123. The van der Waals surface area contributed by atoms with E-state index in [4.69, 9.17) is 9.47 Å². The van der Waals surface area contributed by atoms with E-state index in [9.17, 15) is 14.0 Å². The van der Waals surface area contributed by atoms with Gasteiger partial charge in [0.05, 0.1) is 7.11 Å². The molecule has 0 spiro atoms. The average molecular weight is 345 g/mol. The number of halogens is 1. The van der Waals surface area contributed by atoms with Crippen LogP contribution < -0.4 is 14.8 Å². The molecule has 132 valence electrons. The zero-order valence-corrected chi connectivity index (χ0v) is 14.4. The van der Waals surface area contributed by atoms with Gasteiger partial charge in [0, 0.05) is 12.1 Å². The van der Waals surface area contributed by atoms with Crippen LogP contribution in [-0.2, 0) is 11.3 Å². The van der Waals surface area contributed by atoms with Crippen LogP contribution in [0.3, 0.4) is 0 Å². The molecule has 1 N–H and O–H groups in total. The first-order valence-electron chi connectivity index (χ1n) is 7.74. The van der Waals surface area contributed by atoms with Gasteiger partial charge in [-0.3, -0.25) is 9.59 Å². The molecule has 1 amide bonds. The summed E-state index contributed by atoms with van der Waals surface area (Å²) in [4.78, 5) is 23.3. The Bertz CT molecular complexity index is 789. The third-order valence-corrected chi connectivity index (χ3v) is 3.65. The molecule has 2 aromatic rings. The molecular weight excluding hydrogens is 325 g/mol. The highest BCUT2D eigenvalue weighted by Crippen LogP contribution is 2.28. The quantitative estimate of drug-likeness (QED) is 0.784. The van der Waals surface area contributed by atoms with Crippen LogP contribution in [0.4, 0.5) is 4.39 Å². The molecule has 0 atom stereocenters. The smallest absolute Gasteiger partial charge is 0.258 e. The van der Waals surface area contributed by atoms with E-state index in [-0.39, 0.29) is 30.7 Å². The van der Waals surface area contributed by atoms with Gasteiger partial charge in [-0.1, -0.05) is 12.1 Å². The van der Waals surface area contributed by atoms with Crippen molar-refractivity contribution in [3.8, 4) is 11.5 Å². The topological polar surface area (TPSA) is 64.6 Å². The van der Waals surface area contributed by atoms with Crippen molar-refractivity contribution in [3.63, 3.8) is 0 Å². The van der Waals surface area contributed by atoms with Gasteiger partial charge in [-0.25, -0.2) is 4.39 Å². The SMILES string of the molecule is COc1cc(C(C)=O)ccc1OCC(=O)NCc1ccc(C)c(F)c1. The molecule has 5 nitrogen and oxygen atoms in total. The summed E-state index contributed by atoms with van der Waals surface area (Å²) in [5.41, 5.74) is 1.72. The van der Waals surface area contributed by atoms with Gasteiger partial charge < -0.3 is 14.8 Å². The van der Waals surface area contributed by atoms with Crippen LogP contribution in [0.25, 0.3) is 0 Å². The normalized spacial score (nSPS) is 10.2. The van der Waals surface area contributed by atoms with E-state index in [1.165, 1.54) is 20.1 Å². The number of Topliss-reactive ketones (excluding diaryl/α,β-unsaturated/α-hetero) is 1. The molecule has 0 aliphatic carbocycles. The first kappa shape index (κ1) is 18.4. The summed E-state index contributed by atoms with van der Waals surface area (Å²) in [5.74, 6) is -0.00460. The summed E-state index contributed by atoms with van der Waals surface area (Å²) in [5, 5.41) is 2.66. The molecule has 0 aliphatic heterocycles. The minimum atomic E-state index is -0.348. The van der Waals surface area contributed by atoms with E-state index in [0.29, 0.717) is 28.2 Å². The number of aryl methyl sites for hydroxylation is 1. The van der Waals surface area contributed by atoms with Gasteiger partial charge >= 0.3 is 0 Å². The monoisotopic (exact) mass is 345 g/mol. The second kappa shape index (κ2) is 8.28. The van der Waals surface area contributed by atoms with Crippen molar-refractivity contribution in [1.29, 1.82) is 0 Å². The predicted octanol–water partition coefficient (Wildman–Crippen LogP) is 3.04. The van der Waals surface area contributed by atoms with Crippen molar-refractivity contribution in [2.45, 2.75) is 20.4 Å². The molecular formula is C19H20FNO4. The number of ketones is 1. The molecule has 2 rings (SSSR count). The Labute approximate surface area is 145 Å². The van der Waals surface area contributed by atoms with Crippen molar-refractivity contribution in [3.05, 3.63) is 58.9 Å². The van der Waals surface area contributed by atoms with Gasteiger partial charge in [0.25, 0.3) is 5.91 Å². The van der Waals surface area contributed by atoms with E-state index in [1.54, 1.807) is 37.3 Å². The van der Waals surface area contributed by atoms with Crippen LogP contribution in [-0.4, -0.2) is 25.4 Å². The molecule has 0 fully saturated rings. The first-order chi connectivity index (χ1) is 11.9. The Morgan fingerprint density at radius 3 is 2.52 bits per heavy atom. The molecule has 0 bridgehead atoms. The Hall–Kier alpha value is -2.89. The first-order valence-corrected chi connectivity index (χ1v) is 7.74. The Morgan fingerprint density at radius 2 is 1.88 bits per heavy atom. The number of carbonyl (C=O) groups excluding carboxylic acids is 2. The maximum Gasteiger partial charge on any atom is 0.258 e. The number of nitrogens with one attached hydrogen (secondary N) is 1. The second-order valence-corrected chi connectivity index (χ2v) is 5.57. The molecule has 0 heterocycles. The number of hydrogen-bond donors (Lipinski definition) is 1. The lowest BCUT2D eigenvalue weighted by Crippen LogP contribution is -2.28. The van der Waals surface area contributed by atoms with E-state index < -0.39 is 0 Å². The highest BCUT2D eigenvalue weighted by Gasteiger charge is 2.10. The van der Waals surface area contributed by atoms with Crippen LogP contribution in [0, 0.1) is 12.7 Å². The van der Waals surface area contributed by atoms with Crippen molar-refractivity contribution in [1.82, 2.24) is 5.32 Å². The van der Waals surface area contributed by atoms with Gasteiger partial charge in [0.2, 0.25) is 0 Å². The summed E-state index contributed by atoms with van der Waals surface area (Å²) < 4.78 is 24.1. The fourth-order valence-corrected chi connectivity index (χ4v) is 2.15. The number of ether oxygens (including phenoxy) is 2. The lowest BCUT2D eigenvalue weighted by atomic mass is 10.1. The summed E-state index contributed by atoms with van der Waals surface area (Å²) in [7, 11) is 1.46. The highest BCUT2D eigenvalue weighted by atomic mass is 19.1. The van der Waals surface area contributed by atoms with Gasteiger partial charge in [-0.2, -0.15) is 0 Å². The second-order valence-electron chi connectivity index (χ2n) is 5.57. The van der Waals surface area contributed by atoms with Crippen LogP contribution in [0.2, 0.25) is 0 Å². The van der Waals surface area contributed by atoms with E-state index in [2.05, 4.69) is 5.32 Å². The van der Waals surface area contributed by atoms with E-state index in [1.807, 2.05) is 0 Å². The van der Waals surface area contributed by atoms with Crippen molar-refractivity contribution in [2.75, 3.05) is 13.7 Å². The summed E-state index contributed by atoms with van der Waals surface area (Å²) in [6, 6.07) is 9.55. The number of methoxy groups -OCH3 is 1. The molecule has 0 unspecified atom stereocenters. The fourth-order valence-electron chi connectivity index (χ4n) is 2.15. The Balaban J connectivity index is 1.91. The summed E-state index contributed by atoms with van der Waals surface area (Å²) >= 11 is 0. The number of amides is 1.